The molecule has 0 radical (unpaired) electrons. The molecule has 3 rings (SSSR count). The van der Waals surface area contributed by atoms with Crippen molar-refractivity contribution in [2.24, 2.45) is 11.5 Å². The van der Waals surface area contributed by atoms with Gasteiger partial charge in [0, 0.05) is 23.5 Å². The number of nitrogens with one attached hydrogen (secondary N) is 2. The van der Waals surface area contributed by atoms with E-state index in [0.717, 1.165) is 46.2 Å². The van der Waals surface area contributed by atoms with E-state index in [1.165, 1.54) is 0 Å². The molecule has 0 aliphatic rings. The van der Waals surface area contributed by atoms with Gasteiger partial charge in [-0.3, -0.25) is 4.79 Å². The van der Waals surface area contributed by atoms with Gasteiger partial charge >= 0.3 is 0 Å². The van der Waals surface area contributed by atoms with E-state index >= 15 is 0 Å². The van der Waals surface area contributed by atoms with Crippen LogP contribution in [0.2, 0.25) is 0 Å². The highest BCUT2D eigenvalue weighted by Crippen LogP contribution is 2.29. The second kappa shape index (κ2) is 8.91. The SMILES string of the molecule is COc1cc(-c2ccc3cc(C(=O)NC[C@@H](N)CCCN)[nH]c3c2)ccc1C. The van der Waals surface area contributed by atoms with Crippen LogP contribution in [0.4, 0.5) is 0 Å². The maximum atomic E-state index is 12.4. The smallest absolute Gasteiger partial charge is 0.267 e. The summed E-state index contributed by atoms with van der Waals surface area (Å²) >= 11 is 0. The molecule has 0 saturated heterocycles. The number of carbonyl (C=O) groups excluding carboxylic acids is 1. The first-order valence-electron chi connectivity index (χ1n) is 9.53. The lowest BCUT2D eigenvalue weighted by Crippen LogP contribution is -2.37. The summed E-state index contributed by atoms with van der Waals surface area (Å²) in [4.78, 5) is 15.6. The summed E-state index contributed by atoms with van der Waals surface area (Å²) in [5.41, 5.74) is 16.1. The number of benzene rings is 2. The molecule has 28 heavy (non-hydrogen) atoms. The summed E-state index contributed by atoms with van der Waals surface area (Å²) in [5.74, 6) is 0.702. The molecule has 1 atom stereocenters. The third-order valence-corrected chi connectivity index (χ3v) is 4.91. The normalized spacial score (nSPS) is 12.1. The van der Waals surface area contributed by atoms with Crippen molar-refractivity contribution in [2.75, 3.05) is 20.2 Å². The molecule has 2 aromatic carbocycles. The van der Waals surface area contributed by atoms with Gasteiger partial charge in [-0.15, -0.1) is 0 Å². The molecule has 1 heterocycles. The van der Waals surface area contributed by atoms with E-state index in [1.807, 2.05) is 43.3 Å². The van der Waals surface area contributed by atoms with Gasteiger partial charge < -0.3 is 26.5 Å². The maximum absolute atomic E-state index is 12.4. The number of nitrogens with two attached hydrogens (primary N) is 2. The van der Waals surface area contributed by atoms with Crippen molar-refractivity contribution >= 4 is 16.8 Å². The minimum Gasteiger partial charge on any atom is -0.496 e. The number of aryl methyl sites for hydroxylation is 1. The van der Waals surface area contributed by atoms with Crippen molar-refractivity contribution in [2.45, 2.75) is 25.8 Å². The number of aromatic amines is 1. The number of rotatable bonds is 8. The standard InChI is InChI=1S/C22H28N4O2/c1-14-5-6-16(12-21(14)28-2)15-7-8-17-11-20(26-19(17)10-15)22(27)25-13-18(24)4-3-9-23/h5-8,10-12,18,26H,3-4,9,13,23-24H2,1-2H3,(H,25,27)/t18-/m0/s1. The second-order valence-electron chi connectivity index (χ2n) is 7.07. The number of H-pyrrole nitrogens is 1. The van der Waals surface area contributed by atoms with E-state index in [1.54, 1.807) is 7.11 Å². The fourth-order valence-electron chi connectivity index (χ4n) is 3.23. The van der Waals surface area contributed by atoms with E-state index in [9.17, 15) is 4.79 Å². The van der Waals surface area contributed by atoms with E-state index in [0.29, 0.717) is 18.8 Å². The summed E-state index contributed by atoms with van der Waals surface area (Å²) in [7, 11) is 1.67. The molecule has 0 aliphatic carbocycles. The Morgan fingerprint density at radius 2 is 1.93 bits per heavy atom. The molecule has 0 fully saturated rings. The molecule has 1 aromatic heterocycles. The quantitative estimate of drug-likeness (QED) is 0.482. The van der Waals surface area contributed by atoms with E-state index < -0.39 is 0 Å². The fraction of sp³-hybridized carbons (Fsp3) is 0.318. The Morgan fingerprint density at radius 3 is 2.68 bits per heavy atom. The molecule has 3 aromatic rings. The van der Waals surface area contributed by atoms with Crippen LogP contribution in [0.5, 0.6) is 5.75 Å². The second-order valence-corrected chi connectivity index (χ2v) is 7.07. The molecule has 0 spiro atoms. The van der Waals surface area contributed by atoms with Crippen LogP contribution < -0.4 is 21.5 Å². The minimum atomic E-state index is -0.155. The van der Waals surface area contributed by atoms with Gasteiger partial charge in [-0.1, -0.05) is 24.3 Å². The average molecular weight is 380 g/mol. The first-order chi connectivity index (χ1) is 13.5. The number of hydrogen-bond donors (Lipinski definition) is 4. The van der Waals surface area contributed by atoms with Gasteiger partial charge in [-0.25, -0.2) is 0 Å². The lowest BCUT2D eigenvalue weighted by Gasteiger charge is -2.11. The Hall–Kier alpha value is -2.83. The van der Waals surface area contributed by atoms with Crippen LogP contribution in [-0.4, -0.2) is 37.1 Å². The van der Waals surface area contributed by atoms with Gasteiger partial charge in [0.25, 0.3) is 5.91 Å². The van der Waals surface area contributed by atoms with Crippen LogP contribution in [0.1, 0.15) is 28.9 Å². The number of amides is 1. The topological polar surface area (TPSA) is 106 Å². The zero-order valence-corrected chi connectivity index (χ0v) is 16.4. The number of fused-ring (bicyclic) bond motifs is 1. The molecular weight excluding hydrogens is 352 g/mol. The van der Waals surface area contributed by atoms with Crippen LogP contribution >= 0.6 is 0 Å². The molecule has 0 unspecified atom stereocenters. The Kier molecular flexibility index (Phi) is 6.34. The van der Waals surface area contributed by atoms with Crippen molar-refractivity contribution in [3.8, 4) is 16.9 Å². The van der Waals surface area contributed by atoms with Gasteiger partial charge in [-0.05, 0) is 61.2 Å². The van der Waals surface area contributed by atoms with Crippen molar-refractivity contribution in [3.05, 3.63) is 53.7 Å². The zero-order chi connectivity index (χ0) is 20.1. The van der Waals surface area contributed by atoms with Crippen LogP contribution in [0, 0.1) is 6.92 Å². The van der Waals surface area contributed by atoms with Crippen LogP contribution in [-0.2, 0) is 0 Å². The highest BCUT2D eigenvalue weighted by Gasteiger charge is 2.12. The maximum Gasteiger partial charge on any atom is 0.267 e. The Balaban J connectivity index is 1.76. The zero-order valence-electron chi connectivity index (χ0n) is 16.4. The molecule has 6 N–H and O–H groups in total. The van der Waals surface area contributed by atoms with Gasteiger partial charge in [0.05, 0.1) is 7.11 Å². The summed E-state index contributed by atoms with van der Waals surface area (Å²) in [6.07, 6.45) is 1.66. The van der Waals surface area contributed by atoms with E-state index in [2.05, 4.69) is 16.4 Å². The lowest BCUT2D eigenvalue weighted by atomic mass is 10.0. The molecule has 0 saturated carbocycles. The van der Waals surface area contributed by atoms with Crippen molar-refractivity contribution in [1.29, 1.82) is 0 Å². The van der Waals surface area contributed by atoms with Crippen LogP contribution in [0.15, 0.2) is 42.5 Å². The largest absolute Gasteiger partial charge is 0.496 e. The minimum absolute atomic E-state index is 0.0833. The van der Waals surface area contributed by atoms with Crippen LogP contribution in [0.3, 0.4) is 0 Å². The Bertz CT molecular complexity index is 964. The molecule has 0 aliphatic heterocycles. The summed E-state index contributed by atoms with van der Waals surface area (Å²) < 4.78 is 5.42. The molecule has 6 heteroatoms. The van der Waals surface area contributed by atoms with Crippen LogP contribution in [0.25, 0.3) is 22.0 Å². The Labute approximate surface area is 165 Å². The highest BCUT2D eigenvalue weighted by molar-refractivity contribution is 5.98. The van der Waals surface area contributed by atoms with Crippen molar-refractivity contribution in [3.63, 3.8) is 0 Å². The molecule has 148 valence electrons. The molecule has 1 amide bonds. The highest BCUT2D eigenvalue weighted by atomic mass is 16.5. The first-order valence-corrected chi connectivity index (χ1v) is 9.53. The summed E-state index contributed by atoms with van der Waals surface area (Å²) in [6, 6.07) is 14.0. The van der Waals surface area contributed by atoms with E-state index in [4.69, 9.17) is 16.2 Å². The average Bonchev–Trinajstić information content (AvgIpc) is 3.14. The van der Waals surface area contributed by atoms with Crippen molar-refractivity contribution in [1.82, 2.24) is 10.3 Å². The molecule has 6 nitrogen and oxygen atoms in total. The van der Waals surface area contributed by atoms with Gasteiger partial charge in [0.15, 0.2) is 0 Å². The molecular formula is C22H28N4O2. The summed E-state index contributed by atoms with van der Waals surface area (Å²) in [5, 5.41) is 3.87. The van der Waals surface area contributed by atoms with E-state index in [-0.39, 0.29) is 11.9 Å². The fourth-order valence-corrected chi connectivity index (χ4v) is 3.23. The van der Waals surface area contributed by atoms with Gasteiger partial charge in [0.1, 0.15) is 11.4 Å². The first kappa shape index (κ1) is 19.9. The predicted molar refractivity (Wildman–Crippen MR) is 114 cm³/mol. The van der Waals surface area contributed by atoms with Crippen molar-refractivity contribution < 1.29 is 9.53 Å². The predicted octanol–water partition coefficient (Wildman–Crippen LogP) is 2.95. The Morgan fingerprint density at radius 1 is 1.18 bits per heavy atom. The van der Waals surface area contributed by atoms with Gasteiger partial charge in [-0.2, -0.15) is 0 Å². The third kappa shape index (κ3) is 4.52. The third-order valence-electron chi connectivity index (χ3n) is 4.91. The van der Waals surface area contributed by atoms with Gasteiger partial charge in [0.2, 0.25) is 0 Å². The number of carbonyl (C=O) groups is 1. The summed E-state index contributed by atoms with van der Waals surface area (Å²) in [6.45, 7) is 3.06. The monoisotopic (exact) mass is 380 g/mol. The number of aromatic nitrogens is 1. The number of methoxy groups -OCH3 is 1. The number of ether oxygens (including phenoxy) is 1. The lowest BCUT2D eigenvalue weighted by molar-refractivity contribution is 0.0946. The number of hydrogen-bond acceptors (Lipinski definition) is 4. The molecule has 0 bridgehead atoms.